The molecule has 2 aromatic carbocycles. The van der Waals surface area contributed by atoms with Crippen LogP contribution in [-0.2, 0) is 4.74 Å². The van der Waals surface area contributed by atoms with Gasteiger partial charge in [-0.05, 0) is 24.6 Å². The minimum Gasteiger partial charge on any atom is -0.483 e. The summed E-state index contributed by atoms with van der Waals surface area (Å²) in [5, 5.41) is 4.08. The van der Waals surface area contributed by atoms with Crippen LogP contribution >= 0.6 is 11.6 Å². The summed E-state index contributed by atoms with van der Waals surface area (Å²) >= 11 is 6.21. The van der Waals surface area contributed by atoms with Crippen molar-refractivity contribution in [3.8, 4) is 5.75 Å². The van der Waals surface area contributed by atoms with E-state index in [-0.39, 0.29) is 12.2 Å². The van der Waals surface area contributed by atoms with Gasteiger partial charge in [-0.25, -0.2) is 0 Å². The minimum absolute atomic E-state index is 0.0190. The topological polar surface area (TPSA) is 30.5 Å². The lowest BCUT2D eigenvalue weighted by atomic mass is 10.0. The lowest BCUT2D eigenvalue weighted by Gasteiger charge is -2.32. The summed E-state index contributed by atoms with van der Waals surface area (Å²) in [7, 11) is 0. The number of nitrogens with one attached hydrogen (secondary N) is 1. The predicted molar refractivity (Wildman–Crippen MR) is 88.6 cm³/mol. The zero-order valence-corrected chi connectivity index (χ0v) is 13.3. The molecule has 116 valence electrons. The Kier molecular flexibility index (Phi) is 4.98. The van der Waals surface area contributed by atoms with Crippen LogP contribution < -0.4 is 10.1 Å². The van der Waals surface area contributed by atoms with E-state index in [1.54, 1.807) is 0 Å². The summed E-state index contributed by atoms with van der Waals surface area (Å²) in [4.78, 5) is 0. The summed E-state index contributed by atoms with van der Waals surface area (Å²) in [5.41, 5.74) is 2.06. The third-order valence-electron chi connectivity index (χ3n) is 3.89. The van der Waals surface area contributed by atoms with Gasteiger partial charge in [-0.2, -0.15) is 0 Å². The minimum atomic E-state index is -0.161. The van der Waals surface area contributed by atoms with Crippen molar-refractivity contribution in [3.05, 3.63) is 64.7 Å². The highest BCUT2D eigenvalue weighted by Crippen LogP contribution is 2.32. The molecule has 22 heavy (non-hydrogen) atoms. The first kappa shape index (κ1) is 15.3. The van der Waals surface area contributed by atoms with Crippen LogP contribution in [0.25, 0.3) is 0 Å². The second-order valence-corrected chi connectivity index (χ2v) is 5.83. The molecule has 0 radical (unpaired) electrons. The van der Waals surface area contributed by atoms with E-state index < -0.39 is 0 Å². The fourth-order valence-electron chi connectivity index (χ4n) is 2.63. The Labute approximate surface area is 136 Å². The van der Waals surface area contributed by atoms with Gasteiger partial charge in [-0.3, -0.25) is 0 Å². The zero-order valence-electron chi connectivity index (χ0n) is 12.6. The quantitative estimate of drug-likeness (QED) is 0.931. The van der Waals surface area contributed by atoms with Crippen molar-refractivity contribution >= 4 is 11.6 Å². The Balaban J connectivity index is 1.89. The molecule has 3 rings (SSSR count). The average molecular weight is 318 g/mol. The maximum atomic E-state index is 6.30. The van der Waals surface area contributed by atoms with Gasteiger partial charge in [-0.1, -0.05) is 48.0 Å². The van der Waals surface area contributed by atoms with Gasteiger partial charge >= 0.3 is 0 Å². The van der Waals surface area contributed by atoms with Crippen molar-refractivity contribution in [3.63, 3.8) is 0 Å². The van der Waals surface area contributed by atoms with Gasteiger partial charge in [0.05, 0.1) is 6.61 Å². The molecule has 4 heteroatoms. The normalized spacial score (nSPS) is 19.6. The SMILES string of the molecule is Cc1c(Cl)cccc1O[C@@H](c1ccccc1)C1CNCCO1. The Morgan fingerprint density at radius 3 is 2.73 bits per heavy atom. The Bertz CT molecular complexity index is 612. The van der Waals surface area contributed by atoms with Gasteiger partial charge in [0.1, 0.15) is 11.9 Å². The van der Waals surface area contributed by atoms with Crippen molar-refractivity contribution in [2.75, 3.05) is 19.7 Å². The number of benzene rings is 2. The van der Waals surface area contributed by atoms with Crippen molar-refractivity contribution in [1.82, 2.24) is 5.32 Å². The van der Waals surface area contributed by atoms with Crippen molar-refractivity contribution < 1.29 is 9.47 Å². The van der Waals surface area contributed by atoms with Gasteiger partial charge in [-0.15, -0.1) is 0 Å². The summed E-state index contributed by atoms with van der Waals surface area (Å²) in [6.45, 7) is 4.33. The Morgan fingerprint density at radius 2 is 2.00 bits per heavy atom. The molecule has 1 saturated heterocycles. The first-order valence-electron chi connectivity index (χ1n) is 7.55. The van der Waals surface area contributed by atoms with E-state index in [4.69, 9.17) is 21.1 Å². The molecule has 0 bridgehead atoms. The molecule has 1 aliphatic heterocycles. The molecule has 1 unspecified atom stereocenters. The molecule has 2 atom stereocenters. The van der Waals surface area contributed by atoms with Crippen LogP contribution in [0.15, 0.2) is 48.5 Å². The Hall–Kier alpha value is -1.55. The second-order valence-electron chi connectivity index (χ2n) is 5.43. The lowest BCUT2D eigenvalue weighted by molar-refractivity contribution is -0.0434. The fourth-order valence-corrected chi connectivity index (χ4v) is 2.80. The van der Waals surface area contributed by atoms with E-state index in [9.17, 15) is 0 Å². The maximum absolute atomic E-state index is 6.30. The smallest absolute Gasteiger partial charge is 0.151 e. The maximum Gasteiger partial charge on any atom is 0.151 e. The van der Waals surface area contributed by atoms with Crippen molar-refractivity contribution in [2.45, 2.75) is 19.1 Å². The average Bonchev–Trinajstić information content (AvgIpc) is 2.58. The van der Waals surface area contributed by atoms with Gasteiger partial charge in [0.15, 0.2) is 6.10 Å². The molecule has 0 spiro atoms. The molecule has 0 aliphatic carbocycles. The van der Waals surface area contributed by atoms with Gasteiger partial charge in [0.2, 0.25) is 0 Å². The highest BCUT2D eigenvalue weighted by atomic mass is 35.5. The third-order valence-corrected chi connectivity index (χ3v) is 4.30. The van der Waals surface area contributed by atoms with Crippen LogP contribution in [0, 0.1) is 6.92 Å². The first-order chi connectivity index (χ1) is 10.8. The van der Waals surface area contributed by atoms with E-state index in [0.29, 0.717) is 11.6 Å². The predicted octanol–water partition coefficient (Wildman–Crippen LogP) is 3.76. The fraction of sp³-hybridized carbons (Fsp3) is 0.333. The molecule has 1 fully saturated rings. The van der Waals surface area contributed by atoms with Gasteiger partial charge < -0.3 is 14.8 Å². The van der Waals surface area contributed by atoms with Crippen LogP contribution in [0.2, 0.25) is 5.02 Å². The largest absolute Gasteiger partial charge is 0.483 e. The molecular formula is C18H20ClNO2. The number of halogens is 1. The zero-order chi connectivity index (χ0) is 15.4. The molecule has 0 saturated carbocycles. The molecule has 0 amide bonds. The van der Waals surface area contributed by atoms with Crippen molar-refractivity contribution in [1.29, 1.82) is 0 Å². The third kappa shape index (κ3) is 3.43. The first-order valence-corrected chi connectivity index (χ1v) is 7.92. The molecule has 1 N–H and O–H groups in total. The highest BCUT2D eigenvalue weighted by Gasteiger charge is 2.28. The van der Waals surface area contributed by atoms with E-state index in [1.807, 2.05) is 43.3 Å². The Morgan fingerprint density at radius 1 is 1.18 bits per heavy atom. The molecule has 0 aromatic heterocycles. The number of ether oxygens (including phenoxy) is 2. The number of hydrogen-bond acceptors (Lipinski definition) is 3. The summed E-state index contributed by atoms with van der Waals surface area (Å²) < 4.78 is 12.2. The van der Waals surface area contributed by atoms with E-state index in [1.165, 1.54) is 0 Å². The summed E-state index contributed by atoms with van der Waals surface area (Å²) in [6.07, 6.45) is -0.180. The van der Waals surface area contributed by atoms with Crippen LogP contribution in [0.3, 0.4) is 0 Å². The van der Waals surface area contributed by atoms with E-state index >= 15 is 0 Å². The summed E-state index contributed by atoms with van der Waals surface area (Å²) in [5.74, 6) is 0.801. The number of rotatable bonds is 4. The van der Waals surface area contributed by atoms with Crippen LogP contribution in [0.5, 0.6) is 5.75 Å². The van der Waals surface area contributed by atoms with Gasteiger partial charge in [0, 0.05) is 23.7 Å². The van der Waals surface area contributed by atoms with Crippen LogP contribution in [-0.4, -0.2) is 25.8 Å². The van der Waals surface area contributed by atoms with Crippen LogP contribution in [0.4, 0.5) is 0 Å². The van der Waals surface area contributed by atoms with Gasteiger partial charge in [0.25, 0.3) is 0 Å². The van der Waals surface area contributed by atoms with E-state index in [2.05, 4.69) is 17.4 Å². The second kappa shape index (κ2) is 7.14. The van der Waals surface area contributed by atoms with E-state index in [0.717, 1.165) is 30.0 Å². The highest BCUT2D eigenvalue weighted by molar-refractivity contribution is 6.31. The summed E-state index contributed by atoms with van der Waals surface area (Å²) in [6, 6.07) is 15.9. The molecular weight excluding hydrogens is 298 g/mol. The standard InChI is InChI=1S/C18H20ClNO2/c1-13-15(19)8-5-9-16(13)22-18(14-6-3-2-4-7-14)17-12-20-10-11-21-17/h2-9,17-18,20H,10-12H2,1H3/t17?,18-/m0/s1. The number of morpholine rings is 1. The lowest BCUT2D eigenvalue weighted by Crippen LogP contribution is -2.43. The molecule has 3 nitrogen and oxygen atoms in total. The van der Waals surface area contributed by atoms with Crippen LogP contribution in [0.1, 0.15) is 17.2 Å². The monoisotopic (exact) mass is 317 g/mol. The molecule has 2 aromatic rings. The van der Waals surface area contributed by atoms with Crippen molar-refractivity contribution in [2.24, 2.45) is 0 Å². The molecule has 1 aliphatic rings. The molecule has 1 heterocycles. The number of hydrogen-bond donors (Lipinski definition) is 1.